The predicted octanol–water partition coefficient (Wildman–Crippen LogP) is 1.79. The van der Waals surface area contributed by atoms with Gasteiger partial charge in [0.25, 0.3) is 0 Å². The van der Waals surface area contributed by atoms with Crippen LogP contribution in [-0.2, 0) is 4.79 Å². The Balaban J connectivity index is 0.00000225. The first-order valence-corrected chi connectivity index (χ1v) is 4.93. The van der Waals surface area contributed by atoms with E-state index in [-0.39, 0.29) is 18.3 Å². The normalized spacial score (nSPS) is 11.2. The van der Waals surface area contributed by atoms with Gasteiger partial charge in [0.15, 0.2) is 0 Å². The Morgan fingerprint density at radius 2 is 2.12 bits per heavy atom. The molecule has 0 bridgehead atoms. The zero-order chi connectivity index (χ0) is 11.3. The summed E-state index contributed by atoms with van der Waals surface area (Å²) in [5.41, 5.74) is 6.11. The molecule has 1 unspecified atom stereocenters. The molecule has 0 aliphatic carbocycles. The van der Waals surface area contributed by atoms with Crippen LogP contribution in [-0.4, -0.2) is 18.6 Å². The van der Waals surface area contributed by atoms with Crippen molar-refractivity contribution in [1.82, 2.24) is 0 Å². The molecule has 0 fully saturated rings. The summed E-state index contributed by atoms with van der Waals surface area (Å²) >= 11 is 0. The highest BCUT2D eigenvalue weighted by atomic mass is 35.5. The van der Waals surface area contributed by atoms with Crippen molar-refractivity contribution in [3.63, 3.8) is 0 Å². The second kappa shape index (κ2) is 7.09. The standard InChI is InChI=1S/C11H16N2O2.ClH/c1-3-15-10-7-5-4-6-9(10)13-11(14)8(2)12;/h4-8H,3,12H2,1-2H3,(H,13,14);1H. The maximum absolute atomic E-state index is 11.4. The Morgan fingerprint density at radius 1 is 1.50 bits per heavy atom. The van der Waals surface area contributed by atoms with Crippen LogP contribution in [0.3, 0.4) is 0 Å². The first-order valence-electron chi connectivity index (χ1n) is 4.93. The number of carbonyl (C=O) groups excluding carboxylic acids is 1. The molecule has 90 valence electrons. The summed E-state index contributed by atoms with van der Waals surface area (Å²) in [6, 6.07) is 6.75. The molecule has 5 heteroatoms. The quantitative estimate of drug-likeness (QED) is 0.849. The minimum Gasteiger partial charge on any atom is -0.492 e. The number of carbonyl (C=O) groups is 1. The van der Waals surface area contributed by atoms with Crippen molar-refractivity contribution in [3.8, 4) is 5.75 Å². The fraction of sp³-hybridized carbons (Fsp3) is 0.364. The van der Waals surface area contributed by atoms with Crippen molar-refractivity contribution in [2.45, 2.75) is 19.9 Å². The number of nitrogens with two attached hydrogens (primary N) is 1. The van der Waals surface area contributed by atoms with Crippen molar-refractivity contribution in [3.05, 3.63) is 24.3 Å². The average Bonchev–Trinajstić information content (AvgIpc) is 2.21. The lowest BCUT2D eigenvalue weighted by atomic mass is 10.2. The van der Waals surface area contributed by atoms with Gasteiger partial charge in [-0.15, -0.1) is 12.4 Å². The van der Waals surface area contributed by atoms with E-state index in [1.165, 1.54) is 0 Å². The van der Waals surface area contributed by atoms with E-state index < -0.39 is 6.04 Å². The van der Waals surface area contributed by atoms with E-state index in [9.17, 15) is 4.79 Å². The van der Waals surface area contributed by atoms with Crippen LogP contribution in [0.25, 0.3) is 0 Å². The number of anilines is 1. The molecule has 1 rings (SSSR count). The molecule has 0 heterocycles. The lowest BCUT2D eigenvalue weighted by Gasteiger charge is -2.12. The van der Waals surface area contributed by atoms with Gasteiger partial charge in [-0.05, 0) is 26.0 Å². The molecule has 1 atom stereocenters. The Hall–Kier alpha value is -1.26. The van der Waals surface area contributed by atoms with Crippen molar-refractivity contribution in [1.29, 1.82) is 0 Å². The number of amides is 1. The minimum absolute atomic E-state index is 0. The van der Waals surface area contributed by atoms with Crippen LogP contribution in [0, 0.1) is 0 Å². The predicted molar refractivity (Wildman–Crippen MR) is 67.1 cm³/mol. The number of ether oxygens (including phenoxy) is 1. The Morgan fingerprint density at radius 3 is 2.69 bits per heavy atom. The Bertz CT molecular complexity index is 343. The molecule has 0 saturated heterocycles. The molecular weight excluding hydrogens is 228 g/mol. The third-order valence-corrected chi connectivity index (χ3v) is 1.86. The van der Waals surface area contributed by atoms with Gasteiger partial charge in [0.1, 0.15) is 5.75 Å². The van der Waals surface area contributed by atoms with E-state index in [1.54, 1.807) is 19.1 Å². The fourth-order valence-corrected chi connectivity index (χ4v) is 1.10. The van der Waals surface area contributed by atoms with Gasteiger partial charge in [-0.3, -0.25) is 4.79 Å². The molecule has 0 spiro atoms. The first-order chi connectivity index (χ1) is 7.15. The number of nitrogens with one attached hydrogen (secondary N) is 1. The van der Waals surface area contributed by atoms with Gasteiger partial charge in [0.2, 0.25) is 5.91 Å². The van der Waals surface area contributed by atoms with Crippen molar-refractivity contribution in [2.75, 3.05) is 11.9 Å². The van der Waals surface area contributed by atoms with E-state index in [4.69, 9.17) is 10.5 Å². The van der Waals surface area contributed by atoms with Crippen LogP contribution in [0.15, 0.2) is 24.3 Å². The molecule has 1 amide bonds. The third kappa shape index (κ3) is 4.08. The van der Waals surface area contributed by atoms with E-state index in [0.717, 1.165) is 0 Å². The highest BCUT2D eigenvalue weighted by molar-refractivity contribution is 5.95. The number of rotatable bonds is 4. The van der Waals surface area contributed by atoms with Gasteiger partial charge in [0, 0.05) is 0 Å². The molecular formula is C11H17ClN2O2. The third-order valence-electron chi connectivity index (χ3n) is 1.86. The van der Waals surface area contributed by atoms with Crippen LogP contribution in [0.2, 0.25) is 0 Å². The fourth-order valence-electron chi connectivity index (χ4n) is 1.10. The largest absolute Gasteiger partial charge is 0.492 e. The molecule has 16 heavy (non-hydrogen) atoms. The maximum atomic E-state index is 11.4. The van der Waals surface area contributed by atoms with E-state index in [0.29, 0.717) is 18.0 Å². The SMILES string of the molecule is CCOc1ccccc1NC(=O)C(C)N.Cl. The summed E-state index contributed by atoms with van der Waals surface area (Å²) in [6.07, 6.45) is 0. The van der Waals surface area contributed by atoms with E-state index >= 15 is 0 Å². The summed E-state index contributed by atoms with van der Waals surface area (Å²) in [6.45, 7) is 4.09. The summed E-state index contributed by atoms with van der Waals surface area (Å²) in [5.74, 6) is 0.441. The lowest BCUT2D eigenvalue weighted by Crippen LogP contribution is -2.32. The molecule has 0 aliphatic heterocycles. The van der Waals surface area contributed by atoms with Crippen LogP contribution in [0.4, 0.5) is 5.69 Å². The van der Waals surface area contributed by atoms with Crippen LogP contribution in [0.1, 0.15) is 13.8 Å². The highest BCUT2D eigenvalue weighted by Gasteiger charge is 2.10. The zero-order valence-electron chi connectivity index (χ0n) is 9.40. The average molecular weight is 245 g/mol. The number of hydrogen-bond donors (Lipinski definition) is 2. The van der Waals surface area contributed by atoms with Gasteiger partial charge >= 0.3 is 0 Å². The monoisotopic (exact) mass is 244 g/mol. The summed E-state index contributed by atoms with van der Waals surface area (Å²) in [4.78, 5) is 11.4. The van der Waals surface area contributed by atoms with Gasteiger partial charge in [-0.25, -0.2) is 0 Å². The van der Waals surface area contributed by atoms with Crippen LogP contribution < -0.4 is 15.8 Å². The molecule has 1 aromatic rings. The molecule has 0 aromatic heterocycles. The van der Waals surface area contributed by atoms with Crippen molar-refractivity contribution < 1.29 is 9.53 Å². The number of para-hydroxylation sites is 2. The molecule has 4 nitrogen and oxygen atoms in total. The summed E-state index contributed by atoms with van der Waals surface area (Å²) < 4.78 is 5.36. The topological polar surface area (TPSA) is 64.3 Å². The molecule has 3 N–H and O–H groups in total. The first kappa shape index (κ1) is 14.7. The minimum atomic E-state index is -0.528. The van der Waals surface area contributed by atoms with Gasteiger partial charge in [0.05, 0.1) is 18.3 Å². The second-order valence-corrected chi connectivity index (χ2v) is 3.21. The summed E-state index contributed by atoms with van der Waals surface area (Å²) in [5, 5.41) is 2.71. The number of hydrogen-bond acceptors (Lipinski definition) is 3. The molecule has 0 saturated carbocycles. The van der Waals surface area contributed by atoms with Crippen LogP contribution in [0.5, 0.6) is 5.75 Å². The maximum Gasteiger partial charge on any atom is 0.241 e. The summed E-state index contributed by atoms with van der Waals surface area (Å²) in [7, 11) is 0. The molecule has 0 aliphatic rings. The van der Waals surface area contributed by atoms with Crippen molar-refractivity contribution >= 4 is 24.0 Å². The lowest BCUT2D eigenvalue weighted by molar-refractivity contribution is -0.117. The smallest absolute Gasteiger partial charge is 0.241 e. The van der Waals surface area contributed by atoms with Gasteiger partial charge in [-0.2, -0.15) is 0 Å². The van der Waals surface area contributed by atoms with E-state index in [2.05, 4.69) is 5.32 Å². The van der Waals surface area contributed by atoms with Gasteiger partial charge in [-0.1, -0.05) is 12.1 Å². The zero-order valence-corrected chi connectivity index (χ0v) is 10.2. The van der Waals surface area contributed by atoms with Gasteiger partial charge < -0.3 is 15.8 Å². The number of halogens is 1. The Kier molecular flexibility index (Phi) is 6.53. The van der Waals surface area contributed by atoms with Crippen LogP contribution >= 0.6 is 12.4 Å². The highest BCUT2D eigenvalue weighted by Crippen LogP contribution is 2.23. The molecule has 0 radical (unpaired) electrons. The Labute approximate surface area is 102 Å². The molecule has 1 aromatic carbocycles. The van der Waals surface area contributed by atoms with E-state index in [1.807, 2.05) is 19.1 Å². The second-order valence-electron chi connectivity index (χ2n) is 3.21. The van der Waals surface area contributed by atoms with Crippen molar-refractivity contribution in [2.24, 2.45) is 5.73 Å². The number of benzene rings is 1.